The van der Waals surface area contributed by atoms with E-state index in [1.807, 2.05) is 24.3 Å². The summed E-state index contributed by atoms with van der Waals surface area (Å²) >= 11 is 0. The summed E-state index contributed by atoms with van der Waals surface area (Å²) in [6, 6.07) is 17.1. The molecule has 0 radical (unpaired) electrons. The van der Waals surface area contributed by atoms with Crippen molar-refractivity contribution < 1.29 is 47.8 Å². The Bertz CT molecular complexity index is 3070. The Balaban J connectivity index is 0.872. The molecule has 376 valence electrons. The van der Waals surface area contributed by atoms with Gasteiger partial charge in [-0.3, -0.25) is 38.6 Å². The molecule has 0 unspecified atom stereocenters. The maximum atomic E-state index is 13.6. The molecule has 4 aromatic heterocycles. The highest BCUT2D eigenvalue weighted by Crippen LogP contribution is 2.38. The van der Waals surface area contributed by atoms with Crippen LogP contribution in [0, 0.1) is 0 Å². The quantitative estimate of drug-likeness (QED) is 0.0310. The lowest BCUT2D eigenvalue weighted by Crippen LogP contribution is -2.29. The monoisotopic (exact) mass is 983 g/mol. The van der Waals surface area contributed by atoms with Crippen molar-refractivity contribution in [2.75, 3.05) is 60.1 Å². The van der Waals surface area contributed by atoms with E-state index in [0.29, 0.717) is 83.5 Å². The summed E-state index contributed by atoms with van der Waals surface area (Å²) in [5.41, 5.74) is 5.12. The van der Waals surface area contributed by atoms with Crippen LogP contribution < -0.4 is 41.0 Å². The van der Waals surface area contributed by atoms with Crippen LogP contribution >= 0.6 is 0 Å². The summed E-state index contributed by atoms with van der Waals surface area (Å²) in [5, 5.41) is 14.0. The number of esters is 1. The number of nitrogens with one attached hydrogen (secondary N) is 5. The van der Waals surface area contributed by atoms with Gasteiger partial charge in [0.25, 0.3) is 29.5 Å². The van der Waals surface area contributed by atoms with Gasteiger partial charge in [0.15, 0.2) is 11.5 Å². The fourth-order valence-corrected chi connectivity index (χ4v) is 8.27. The van der Waals surface area contributed by atoms with Crippen LogP contribution in [0.2, 0.25) is 0 Å². The third kappa shape index (κ3) is 11.9. The summed E-state index contributed by atoms with van der Waals surface area (Å²) in [7, 11) is 9.45. The second-order valence-electron chi connectivity index (χ2n) is 17.1. The molecule has 0 saturated heterocycles. The van der Waals surface area contributed by atoms with E-state index in [-0.39, 0.29) is 60.2 Å². The number of carbonyl (C=O) groups excluding carboxylic acids is 7. The molecule has 1 aliphatic heterocycles. The van der Waals surface area contributed by atoms with Gasteiger partial charge in [0.1, 0.15) is 22.8 Å². The Morgan fingerprint density at radius 3 is 1.68 bits per heavy atom. The van der Waals surface area contributed by atoms with Crippen molar-refractivity contribution in [1.82, 2.24) is 23.6 Å². The number of fused-ring (bicyclic) bond motifs is 1. The van der Waals surface area contributed by atoms with Gasteiger partial charge < -0.3 is 64.0 Å². The van der Waals surface area contributed by atoms with Gasteiger partial charge in [0.2, 0.25) is 5.91 Å². The van der Waals surface area contributed by atoms with E-state index in [4.69, 9.17) is 9.47 Å². The fraction of sp³-hybridized carbons (Fsp3) is 0.294. The normalized spacial score (nSPS) is 11.6. The van der Waals surface area contributed by atoms with Crippen LogP contribution in [0.25, 0.3) is 0 Å². The smallest absolute Gasteiger partial charge is 0.305 e. The van der Waals surface area contributed by atoms with Crippen molar-refractivity contribution in [3.05, 3.63) is 119 Å². The molecular formula is C51H57N11O10. The zero-order valence-corrected chi connectivity index (χ0v) is 40.9. The number of carbonyl (C=O) groups is 7. The largest absolute Gasteiger partial charge is 0.493 e. The molecule has 6 aromatic rings. The molecule has 7 rings (SSSR count). The zero-order chi connectivity index (χ0) is 51.6. The maximum absolute atomic E-state index is 13.6. The molecule has 5 heterocycles. The highest BCUT2D eigenvalue weighted by molar-refractivity contribution is 6.11. The number of benzene rings is 2. The lowest BCUT2D eigenvalue weighted by Gasteiger charge is -2.20. The molecule has 21 nitrogen and oxygen atoms in total. The Morgan fingerprint density at radius 2 is 1.15 bits per heavy atom. The van der Waals surface area contributed by atoms with Gasteiger partial charge in [0.05, 0.1) is 54.8 Å². The number of rotatable bonds is 21. The van der Waals surface area contributed by atoms with Gasteiger partial charge in [0, 0.05) is 90.7 Å². The number of aliphatic imine (C=N–C) groups is 1. The molecule has 0 atom stereocenters. The third-order valence-electron chi connectivity index (χ3n) is 11.9. The number of nitrogens with zero attached hydrogens (tertiary/aromatic N) is 6. The average molecular weight is 984 g/mol. The van der Waals surface area contributed by atoms with E-state index < -0.39 is 17.7 Å². The first-order chi connectivity index (χ1) is 34.6. The maximum Gasteiger partial charge on any atom is 0.305 e. The molecule has 0 aliphatic carbocycles. The van der Waals surface area contributed by atoms with Crippen molar-refractivity contribution >= 4 is 82.3 Å². The van der Waals surface area contributed by atoms with E-state index in [1.165, 1.54) is 32.4 Å². The highest BCUT2D eigenvalue weighted by Gasteiger charge is 2.28. The van der Waals surface area contributed by atoms with Gasteiger partial charge in [-0.25, -0.2) is 0 Å². The van der Waals surface area contributed by atoms with E-state index >= 15 is 0 Å². The number of amides is 6. The van der Waals surface area contributed by atoms with E-state index in [1.54, 1.807) is 94.3 Å². The van der Waals surface area contributed by atoms with Crippen LogP contribution in [0.4, 0.5) is 34.1 Å². The zero-order valence-electron chi connectivity index (χ0n) is 40.9. The third-order valence-corrected chi connectivity index (χ3v) is 11.9. The summed E-state index contributed by atoms with van der Waals surface area (Å²) in [4.78, 5) is 96.6. The van der Waals surface area contributed by atoms with Crippen molar-refractivity contribution in [2.24, 2.45) is 33.2 Å². The van der Waals surface area contributed by atoms with Gasteiger partial charge in [-0.1, -0.05) is 18.2 Å². The first-order valence-electron chi connectivity index (χ1n) is 23.0. The van der Waals surface area contributed by atoms with E-state index in [0.717, 1.165) is 17.7 Å². The summed E-state index contributed by atoms with van der Waals surface area (Å²) in [6.07, 6.45) is 9.00. The number of anilines is 5. The van der Waals surface area contributed by atoms with Crippen LogP contribution in [0.15, 0.2) is 90.4 Å². The molecule has 5 N–H and O–H groups in total. The predicted molar refractivity (Wildman–Crippen MR) is 271 cm³/mol. The van der Waals surface area contributed by atoms with Crippen LogP contribution in [0.1, 0.15) is 90.0 Å². The van der Waals surface area contributed by atoms with Gasteiger partial charge in [-0.2, -0.15) is 0 Å². The Hall–Kier alpha value is -8.88. The number of aromatic nitrogens is 4. The number of aryl methyl sites for hydroxylation is 4. The van der Waals surface area contributed by atoms with Crippen molar-refractivity contribution in [3.63, 3.8) is 0 Å². The lowest BCUT2D eigenvalue weighted by atomic mass is 10.1. The van der Waals surface area contributed by atoms with Crippen LogP contribution in [0.5, 0.6) is 11.5 Å². The number of ether oxygens (including phenoxy) is 3. The predicted octanol–water partition coefficient (Wildman–Crippen LogP) is 6.21. The summed E-state index contributed by atoms with van der Waals surface area (Å²) in [5.74, 6) is -1.94. The minimum atomic E-state index is -0.499. The van der Waals surface area contributed by atoms with E-state index in [9.17, 15) is 33.6 Å². The molecular weight excluding hydrogens is 927 g/mol. The van der Waals surface area contributed by atoms with E-state index in [2.05, 4.69) is 43.0 Å². The van der Waals surface area contributed by atoms with Crippen LogP contribution in [-0.4, -0.2) is 100 Å². The molecule has 2 aromatic carbocycles. The van der Waals surface area contributed by atoms with Gasteiger partial charge >= 0.3 is 5.97 Å². The standard InChI is InChI=1S/C51H57N11O10/c1-52-37-26-44(43(70-6)25-36(37)51(69)62-19-17-31-13-8-9-14-38(31)62)72-20-12-15-45(63)54-32-21-40(59(3)27-32)48(66)56-34-23-42(61(5)29-34)50(68)57-35-24-41(60(4)30-35)49(67)55-33-22-39(58(2)28-33)47(65)53-18-11-10-16-46(64)71-7/h8-9,13-14,21-30H,1,10-12,15-20H2,2-7H3,(H,53,65)(H,54,63)(H,55,67)(H,56,66)(H,57,68). The Labute approximate surface area is 415 Å². The first-order valence-corrected chi connectivity index (χ1v) is 23.0. The molecule has 6 amide bonds. The minimum Gasteiger partial charge on any atom is -0.493 e. The molecule has 21 heteroatoms. The van der Waals surface area contributed by atoms with Crippen LogP contribution in [0.3, 0.4) is 0 Å². The van der Waals surface area contributed by atoms with Crippen LogP contribution in [-0.2, 0) is 48.9 Å². The minimum absolute atomic E-state index is 0.0997. The van der Waals surface area contributed by atoms with Crippen molar-refractivity contribution in [3.8, 4) is 11.5 Å². The lowest BCUT2D eigenvalue weighted by molar-refractivity contribution is -0.140. The SMILES string of the molecule is C=Nc1cc(OCCCC(=O)Nc2cc(C(=O)Nc3cc(C(=O)Nc4cc(C(=O)Nc5cc(C(=O)NCCCCC(=O)OC)n(C)c5)n(C)c4)n(C)c3)n(C)c2)c(OC)cc1C(=O)N1CCc2ccccc21. The average Bonchev–Trinajstić information content (AvgIpc) is 4.20. The Morgan fingerprint density at radius 1 is 0.625 bits per heavy atom. The molecule has 72 heavy (non-hydrogen) atoms. The summed E-state index contributed by atoms with van der Waals surface area (Å²) in [6.45, 7) is 4.73. The Kier molecular flexibility index (Phi) is 16.1. The topological polar surface area (TPSA) is 243 Å². The van der Waals surface area contributed by atoms with Crippen molar-refractivity contribution in [1.29, 1.82) is 0 Å². The van der Waals surface area contributed by atoms with Crippen molar-refractivity contribution in [2.45, 2.75) is 38.5 Å². The second kappa shape index (κ2) is 22.7. The number of para-hydroxylation sites is 1. The molecule has 0 bridgehead atoms. The summed E-state index contributed by atoms with van der Waals surface area (Å²) < 4.78 is 22.4. The van der Waals surface area contributed by atoms with Gasteiger partial charge in [-0.05, 0) is 74.4 Å². The number of hydrogen-bond donors (Lipinski definition) is 5. The molecule has 0 spiro atoms. The molecule has 1 aliphatic rings. The second-order valence-corrected chi connectivity index (χ2v) is 17.1. The fourth-order valence-electron chi connectivity index (χ4n) is 8.27. The number of unbranched alkanes of at least 4 members (excludes halogenated alkanes) is 1. The number of hydrogen-bond acceptors (Lipinski definition) is 11. The number of methoxy groups -OCH3 is 2. The molecule has 0 saturated carbocycles. The highest BCUT2D eigenvalue weighted by atomic mass is 16.5. The molecule has 0 fully saturated rings. The first kappa shape index (κ1) is 51.0. The van der Waals surface area contributed by atoms with Gasteiger partial charge in [-0.15, -0.1) is 0 Å².